The van der Waals surface area contributed by atoms with Crippen molar-refractivity contribution in [1.82, 2.24) is 5.43 Å². The second kappa shape index (κ2) is 6.66. The third-order valence-corrected chi connectivity index (χ3v) is 3.93. The van der Waals surface area contributed by atoms with E-state index in [4.69, 9.17) is 0 Å². The number of benzene rings is 1. The zero-order valence-electron chi connectivity index (χ0n) is 12.1. The van der Waals surface area contributed by atoms with E-state index in [1.54, 1.807) is 6.07 Å². The summed E-state index contributed by atoms with van der Waals surface area (Å²) in [7, 11) is 0. The molecule has 1 aromatic carbocycles. The summed E-state index contributed by atoms with van der Waals surface area (Å²) >= 11 is 0. The molecule has 0 saturated heterocycles. The number of amides is 1. The lowest BCUT2D eigenvalue weighted by atomic mass is 9.89. The molecule has 108 valence electrons. The first-order valence-electron chi connectivity index (χ1n) is 7.19. The Morgan fingerprint density at radius 1 is 1.40 bits per heavy atom. The van der Waals surface area contributed by atoms with Crippen LogP contribution in [-0.2, 0) is 4.79 Å². The quantitative estimate of drug-likeness (QED) is 0.832. The number of carbonyl (C=O) groups is 1. The molecule has 1 amide bonds. The highest BCUT2D eigenvalue weighted by Gasteiger charge is 2.20. The van der Waals surface area contributed by atoms with Crippen LogP contribution in [0.2, 0.25) is 0 Å². The van der Waals surface area contributed by atoms with Gasteiger partial charge in [-0.05, 0) is 43.2 Å². The van der Waals surface area contributed by atoms with Gasteiger partial charge in [0, 0.05) is 5.71 Å². The lowest BCUT2D eigenvalue weighted by Gasteiger charge is -2.20. The Bertz CT molecular complexity index is 511. The Morgan fingerprint density at radius 2 is 2.15 bits per heavy atom. The molecule has 20 heavy (non-hydrogen) atoms. The SMILES string of the molecule is Cc1ccccc1[C@@H](O)C(=O)N/N=C1/CCCC[C@@H]1C. The molecule has 2 rings (SSSR count). The topological polar surface area (TPSA) is 61.7 Å². The molecule has 2 N–H and O–H groups in total. The van der Waals surface area contributed by atoms with Crippen LogP contribution in [0.3, 0.4) is 0 Å². The lowest BCUT2D eigenvalue weighted by Crippen LogP contribution is -2.28. The van der Waals surface area contributed by atoms with Crippen molar-refractivity contribution >= 4 is 11.6 Å². The van der Waals surface area contributed by atoms with Crippen molar-refractivity contribution in [3.8, 4) is 0 Å². The number of hydrazone groups is 1. The first-order valence-corrected chi connectivity index (χ1v) is 7.19. The van der Waals surface area contributed by atoms with Crippen LogP contribution in [0.15, 0.2) is 29.4 Å². The molecule has 2 atom stereocenters. The smallest absolute Gasteiger partial charge is 0.273 e. The fraction of sp³-hybridized carbons (Fsp3) is 0.500. The Balaban J connectivity index is 2.01. The van der Waals surface area contributed by atoms with Gasteiger partial charge in [0.2, 0.25) is 0 Å². The highest BCUT2D eigenvalue weighted by Crippen LogP contribution is 2.21. The average molecular weight is 274 g/mol. The van der Waals surface area contributed by atoms with Crippen molar-refractivity contribution in [2.45, 2.75) is 45.6 Å². The lowest BCUT2D eigenvalue weighted by molar-refractivity contribution is -0.129. The molecular formula is C16H22N2O2. The number of nitrogens with one attached hydrogen (secondary N) is 1. The van der Waals surface area contributed by atoms with Crippen LogP contribution in [-0.4, -0.2) is 16.7 Å². The summed E-state index contributed by atoms with van der Waals surface area (Å²) in [5, 5.41) is 14.3. The van der Waals surface area contributed by atoms with Crippen LogP contribution in [0.5, 0.6) is 0 Å². The second-order valence-electron chi connectivity index (χ2n) is 5.49. The Kier molecular flexibility index (Phi) is 4.90. The van der Waals surface area contributed by atoms with E-state index in [0.717, 1.165) is 30.5 Å². The van der Waals surface area contributed by atoms with Crippen LogP contribution in [0, 0.1) is 12.8 Å². The summed E-state index contributed by atoms with van der Waals surface area (Å²) < 4.78 is 0. The van der Waals surface area contributed by atoms with Gasteiger partial charge in [0.05, 0.1) is 0 Å². The van der Waals surface area contributed by atoms with E-state index < -0.39 is 12.0 Å². The molecule has 0 aliphatic heterocycles. The van der Waals surface area contributed by atoms with Crippen LogP contribution < -0.4 is 5.43 Å². The Labute approximate surface area is 119 Å². The number of aliphatic hydroxyl groups is 1. The summed E-state index contributed by atoms with van der Waals surface area (Å²) in [6, 6.07) is 7.33. The summed E-state index contributed by atoms with van der Waals surface area (Å²) in [5.41, 5.74) is 5.06. The minimum Gasteiger partial charge on any atom is -0.378 e. The van der Waals surface area contributed by atoms with E-state index in [1.807, 2.05) is 25.1 Å². The van der Waals surface area contributed by atoms with Gasteiger partial charge in [-0.25, -0.2) is 5.43 Å². The molecule has 0 aromatic heterocycles. The summed E-state index contributed by atoms with van der Waals surface area (Å²) in [4.78, 5) is 12.0. The zero-order chi connectivity index (χ0) is 14.5. The first-order chi connectivity index (χ1) is 9.59. The van der Waals surface area contributed by atoms with E-state index in [2.05, 4.69) is 17.5 Å². The van der Waals surface area contributed by atoms with Gasteiger partial charge in [0.25, 0.3) is 5.91 Å². The van der Waals surface area contributed by atoms with Crippen molar-refractivity contribution in [1.29, 1.82) is 0 Å². The van der Waals surface area contributed by atoms with Crippen LogP contribution in [0.25, 0.3) is 0 Å². The van der Waals surface area contributed by atoms with Gasteiger partial charge in [-0.15, -0.1) is 0 Å². The maximum absolute atomic E-state index is 12.0. The predicted octanol–water partition coefficient (Wildman–Crippen LogP) is 2.71. The van der Waals surface area contributed by atoms with Gasteiger partial charge in [-0.3, -0.25) is 4.79 Å². The normalized spacial score (nSPS) is 22.6. The van der Waals surface area contributed by atoms with Crippen molar-refractivity contribution in [3.05, 3.63) is 35.4 Å². The fourth-order valence-electron chi connectivity index (χ4n) is 2.56. The second-order valence-corrected chi connectivity index (χ2v) is 5.49. The van der Waals surface area contributed by atoms with E-state index in [1.165, 1.54) is 6.42 Å². The van der Waals surface area contributed by atoms with Crippen molar-refractivity contribution in [2.75, 3.05) is 0 Å². The van der Waals surface area contributed by atoms with Gasteiger partial charge in [-0.2, -0.15) is 5.10 Å². The molecule has 1 aliphatic carbocycles. The number of rotatable bonds is 3. The number of hydrogen-bond acceptors (Lipinski definition) is 3. The third kappa shape index (κ3) is 3.45. The highest BCUT2D eigenvalue weighted by molar-refractivity contribution is 5.89. The molecule has 1 fully saturated rings. The molecule has 0 unspecified atom stereocenters. The van der Waals surface area contributed by atoms with Crippen LogP contribution in [0.1, 0.15) is 49.8 Å². The van der Waals surface area contributed by atoms with Gasteiger partial charge < -0.3 is 5.11 Å². The van der Waals surface area contributed by atoms with Gasteiger partial charge in [0.1, 0.15) is 0 Å². The molecule has 1 saturated carbocycles. The van der Waals surface area contributed by atoms with Crippen molar-refractivity contribution in [2.24, 2.45) is 11.0 Å². The minimum absolute atomic E-state index is 0.416. The molecule has 4 heteroatoms. The molecule has 4 nitrogen and oxygen atoms in total. The molecular weight excluding hydrogens is 252 g/mol. The Hall–Kier alpha value is -1.68. The van der Waals surface area contributed by atoms with E-state index in [9.17, 15) is 9.90 Å². The summed E-state index contributed by atoms with van der Waals surface area (Å²) in [6.45, 7) is 4.00. The predicted molar refractivity (Wildman–Crippen MR) is 79.3 cm³/mol. The number of aliphatic hydroxyl groups excluding tert-OH is 1. The average Bonchev–Trinajstić information content (AvgIpc) is 2.46. The van der Waals surface area contributed by atoms with E-state index in [0.29, 0.717) is 11.5 Å². The standard InChI is InChI=1S/C16H22N2O2/c1-11-7-3-5-9-13(11)15(19)16(20)18-17-14-10-6-4-8-12(14)2/h3,5,7,9,12,15,19H,4,6,8,10H2,1-2H3,(H,18,20)/b17-14-/t12-,15+/m0/s1. The molecule has 0 spiro atoms. The molecule has 1 aliphatic rings. The van der Waals surface area contributed by atoms with Crippen molar-refractivity contribution in [3.63, 3.8) is 0 Å². The molecule has 0 heterocycles. The maximum atomic E-state index is 12.0. The number of hydrogen-bond donors (Lipinski definition) is 2. The van der Waals surface area contributed by atoms with Crippen LogP contribution in [0.4, 0.5) is 0 Å². The monoisotopic (exact) mass is 274 g/mol. The minimum atomic E-state index is -1.17. The molecule has 0 radical (unpaired) electrons. The van der Waals surface area contributed by atoms with Crippen molar-refractivity contribution < 1.29 is 9.90 Å². The highest BCUT2D eigenvalue weighted by atomic mass is 16.3. The maximum Gasteiger partial charge on any atom is 0.273 e. The first kappa shape index (κ1) is 14.7. The van der Waals surface area contributed by atoms with Crippen LogP contribution >= 0.6 is 0 Å². The zero-order valence-corrected chi connectivity index (χ0v) is 12.1. The molecule has 0 bridgehead atoms. The van der Waals surface area contributed by atoms with E-state index in [-0.39, 0.29) is 0 Å². The fourth-order valence-corrected chi connectivity index (χ4v) is 2.56. The van der Waals surface area contributed by atoms with Gasteiger partial charge in [0.15, 0.2) is 6.10 Å². The van der Waals surface area contributed by atoms with Gasteiger partial charge >= 0.3 is 0 Å². The number of carbonyl (C=O) groups excluding carboxylic acids is 1. The number of aryl methyl sites for hydroxylation is 1. The van der Waals surface area contributed by atoms with E-state index >= 15 is 0 Å². The Morgan fingerprint density at radius 3 is 2.85 bits per heavy atom. The summed E-state index contributed by atoms with van der Waals surface area (Å²) in [6.07, 6.45) is 3.23. The largest absolute Gasteiger partial charge is 0.378 e. The van der Waals surface area contributed by atoms with Gasteiger partial charge in [-0.1, -0.05) is 37.6 Å². The number of nitrogens with zero attached hydrogens (tertiary/aromatic N) is 1. The third-order valence-electron chi connectivity index (χ3n) is 3.93. The molecule has 1 aromatic rings. The summed E-state index contributed by atoms with van der Waals surface area (Å²) in [5.74, 6) is -0.0516.